The lowest BCUT2D eigenvalue weighted by atomic mass is 10.1. The molecule has 0 aliphatic heterocycles. The van der Waals surface area contributed by atoms with Crippen molar-refractivity contribution in [3.8, 4) is 28.3 Å². The van der Waals surface area contributed by atoms with E-state index in [1.54, 1.807) is 18.4 Å². The number of thiazole rings is 1. The fourth-order valence-corrected chi connectivity index (χ4v) is 4.15. The first kappa shape index (κ1) is 16.5. The summed E-state index contributed by atoms with van der Waals surface area (Å²) in [6, 6.07) is 16.0. The van der Waals surface area contributed by atoms with Crippen LogP contribution in [0.1, 0.15) is 20.9 Å². The van der Waals surface area contributed by atoms with Crippen molar-refractivity contribution >= 4 is 22.6 Å². The number of aryl methyl sites for hydroxylation is 2. The zero-order chi connectivity index (χ0) is 18.3. The molecule has 2 heterocycles. The van der Waals surface area contributed by atoms with Crippen molar-refractivity contribution in [2.24, 2.45) is 0 Å². The van der Waals surface area contributed by atoms with Gasteiger partial charge >= 0.3 is 0 Å². The van der Waals surface area contributed by atoms with E-state index < -0.39 is 0 Å². The molecule has 0 unspecified atom stereocenters. The van der Waals surface area contributed by atoms with Crippen LogP contribution in [0, 0.1) is 13.8 Å². The Balaban J connectivity index is 1.94. The molecule has 0 saturated heterocycles. The Hall–Kier alpha value is -2.92. The van der Waals surface area contributed by atoms with Gasteiger partial charge in [-0.15, -0.1) is 11.3 Å². The number of ether oxygens (including phenoxy) is 1. The van der Waals surface area contributed by atoms with Gasteiger partial charge in [-0.2, -0.15) is 0 Å². The van der Waals surface area contributed by atoms with Gasteiger partial charge in [-0.05, 0) is 43.7 Å². The minimum Gasteiger partial charge on any atom is -0.497 e. The average molecular weight is 362 g/mol. The number of carbonyl (C=O) groups is 1. The van der Waals surface area contributed by atoms with Crippen LogP contribution < -0.4 is 4.74 Å². The van der Waals surface area contributed by atoms with Gasteiger partial charge in [0.15, 0.2) is 11.2 Å². The van der Waals surface area contributed by atoms with E-state index in [4.69, 9.17) is 9.72 Å². The molecule has 0 aliphatic carbocycles. The molecule has 0 fully saturated rings. The number of nitrogens with zero attached hydrogens (tertiary/aromatic N) is 2. The van der Waals surface area contributed by atoms with Crippen LogP contribution in [-0.4, -0.2) is 22.8 Å². The third-order valence-electron chi connectivity index (χ3n) is 4.48. The molecular weight excluding hydrogens is 344 g/mol. The van der Waals surface area contributed by atoms with Crippen LogP contribution in [0.15, 0.2) is 48.5 Å². The third kappa shape index (κ3) is 2.61. The lowest BCUT2D eigenvalue weighted by Gasteiger charge is -2.06. The highest BCUT2D eigenvalue weighted by atomic mass is 32.1. The molecular formula is C21H18N2O2S. The third-order valence-corrected chi connectivity index (χ3v) is 5.44. The maximum absolute atomic E-state index is 12.0. The number of benzene rings is 2. The molecule has 26 heavy (non-hydrogen) atoms. The largest absolute Gasteiger partial charge is 0.497 e. The van der Waals surface area contributed by atoms with E-state index in [0.717, 1.165) is 38.7 Å². The summed E-state index contributed by atoms with van der Waals surface area (Å²) in [5.74, 6) is 0.776. The number of aromatic nitrogens is 2. The van der Waals surface area contributed by atoms with Crippen LogP contribution in [-0.2, 0) is 0 Å². The smallest absolute Gasteiger partial charge is 0.195 e. The van der Waals surface area contributed by atoms with E-state index in [-0.39, 0.29) is 0 Å². The minimum atomic E-state index is 0.574. The Morgan fingerprint density at radius 1 is 1.00 bits per heavy atom. The predicted octanol–water partition coefficient (Wildman–Crippen LogP) is 5.17. The quantitative estimate of drug-likeness (QED) is 0.471. The molecule has 0 N–H and O–H groups in total. The summed E-state index contributed by atoms with van der Waals surface area (Å²) in [7, 11) is 1.63. The van der Waals surface area contributed by atoms with Crippen LogP contribution >= 0.6 is 11.3 Å². The number of methoxy groups -OCH3 is 1. The second-order valence-corrected chi connectivity index (χ2v) is 7.36. The number of fused-ring (bicyclic) bond motifs is 1. The topological polar surface area (TPSA) is 43.6 Å². The van der Waals surface area contributed by atoms with Crippen molar-refractivity contribution in [1.82, 2.24) is 9.38 Å². The number of imidazole rings is 1. The molecule has 4 aromatic rings. The highest BCUT2D eigenvalue weighted by molar-refractivity contribution is 7.17. The first-order chi connectivity index (χ1) is 12.6. The Labute approximate surface area is 155 Å². The second-order valence-electron chi connectivity index (χ2n) is 6.18. The number of rotatable bonds is 4. The number of hydrogen-bond donors (Lipinski definition) is 0. The summed E-state index contributed by atoms with van der Waals surface area (Å²) in [5.41, 5.74) is 5.49. The van der Waals surface area contributed by atoms with Crippen LogP contribution in [0.4, 0.5) is 0 Å². The monoisotopic (exact) mass is 362 g/mol. The number of hydrogen-bond acceptors (Lipinski definition) is 4. The Bertz CT molecular complexity index is 1090. The summed E-state index contributed by atoms with van der Waals surface area (Å²) in [6.07, 6.45) is 0.892. The Morgan fingerprint density at radius 3 is 2.27 bits per heavy atom. The summed E-state index contributed by atoms with van der Waals surface area (Å²) in [6.45, 7) is 4.13. The van der Waals surface area contributed by atoms with Gasteiger partial charge in [0, 0.05) is 10.4 Å². The maximum Gasteiger partial charge on any atom is 0.195 e. The normalized spacial score (nSPS) is 11.0. The van der Waals surface area contributed by atoms with Crippen LogP contribution in [0.2, 0.25) is 0 Å². The van der Waals surface area contributed by atoms with Crippen molar-refractivity contribution in [3.05, 3.63) is 64.7 Å². The van der Waals surface area contributed by atoms with E-state index in [2.05, 4.69) is 38.1 Å². The first-order valence-electron chi connectivity index (χ1n) is 8.31. The van der Waals surface area contributed by atoms with E-state index in [9.17, 15) is 4.79 Å². The lowest BCUT2D eigenvalue weighted by Crippen LogP contribution is -1.95. The van der Waals surface area contributed by atoms with Gasteiger partial charge in [-0.3, -0.25) is 9.20 Å². The van der Waals surface area contributed by atoms with Crippen molar-refractivity contribution in [2.45, 2.75) is 13.8 Å². The predicted molar refractivity (Wildman–Crippen MR) is 105 cm³/mol. The average Bonchev–Trinajstić information content (AvgIpc) is 3.17. The molecule has 130 valence electrons. The van der Waals surface area contributed by atoms with E-state index >= 15 is 0 Å². The summed E-state index contributed by atoms with van der Waals surface area (Å²) < 4.78 is 7.18. The molecule has 0 spiro atoms. The van der Waals surface area contributed by atoms with Gasteiger partial charge in [0.2, 0.25) is 0 Å². The van der Waals surface area contributed by atoms with Gasteiger partial charge in [0.05, 0.1) is 12.8 Å². The van der Waals surface area contributed by atoms with Gasteiger partial charge in [-0.25, -0.2) is 4.98 Å². The number of aldehydes is 1. The molecule has 2 aromatic carbocycles. The zero-order valence-electron chi connectivity index (χ0n) is 14.8. The highest BCUT2D eigenvalue weighted by Gasteiger charge is 2.20. The zero-order valence-corrected chi connectivity index (χ0v) is 15.6. The number of carbonyl (C=O) groups excluding carboxylic acids is 1. The standard InChI is InChI=1S/C21H18N2O2S/c1-13-4-6-16(7-5-13)20-14(2)26-21-22-19(18(12-24)23(20)21)15-8-10-17(25-3)11-9-15/h4-12H,1-3H3. The van der Waals surface area contributed by atoms with Gasteiger partial charge < -0.3 is 4.74 Å². The maximum atomic E-state index is 12.0. The van der Waals surface area contributed by atoms with Gasteiger partial charge in [0.1, 0.15) is 17.1 Å². The van der Waals surface area contributed by atoms with E-state index in [1.807, 2.05) is 28.7 Å². The minimum absolute atomic E-state index is 0.574. The SMILES string of the molecule is COc1ccc(-c2nc3sc(C)c(-c4ccc(C)cc4)n3c2C=O)cc1. The molecule has 0 saturated carbocycles. The molecule has 4 rings (SSSR count). The van der Waals surface area contributed by atoms with Crippen molar-refractivity contribution < 1.29 is 9.53 Å². The fraction of sp³-hybridized carbons (Fsp3) is 0.143. The highest BCUT2D eigenvalue weighted by Crippen LogP contribution is 2.36. The summed E-state index contributed by atoms with van der Waals surface area (Å²) in [5, 5.41) is 0. The Morgan fingerprint density at radius 2 is 1.65 bits per heavy atom. The van der Waals surface area contributed by atoms with Crippen molar-refractivity contribution in [1.29, 1.82) is 0 Å². The van der Waals surface area contributed by atoms with Crippen molar-refractivity contribution in [2.75, 3.05) is 7.11 Å². The summed E-state index contributed by atoms with van der Waals surface area (Å²) in [4.78, 5) is 18.7. The van der Waals surface area contributed by atoms with Crippen LogP contribution in [0.3, 0.4) is 0 Å². The van der Waals surface area contributed by atoms with Crippen molar-refractivity contribution in [3.63, 3.8) is 0 Å². The Kier molecular flexibility index (Phi) is 4.09. The molecule has 2 aromatic heterocycles. The van der Waals surface area contributed by atoms with Gasteiger partial charge in [-0.1, -0.05) is 29.8 Å². The first-order valence-corrected chi connectivity index (χ1v) is 9.12. The molecule has 5 heteroatoms. The van der Waals surface area contributed by atoms with E-state index in [0.29, 0.717) is 11.4 Å². The van der Waals surface area contributed by atoms with Crippen LogP contribution in [0.25, 0.3) is 27.5 Å². The molecule has 0 bridgehead atoms. The second kappa shape index (κ2) is 6.42. The molecule has 0 aliphatic rings. The van der Waals surface area contributed by atoms with Crippen LogP contribution in [0.5, 0.6) is 5.75 Å². The summed E-state index contributed by atoms with van der Waals surface area (Å²) >= 11 is 1.60. The fourth-order valence-electron chi connectivity index (χ4n) is 3.15. The molecule has 0 amide bonds. The molecule has 0 radical (unpaired) electrons. The molecule has 4 nitrogen and oxygen atoms in total. The van der Waals surface area contributed by atoms with Gasteiger partial charge in [0.25, 0.3) is 0 Å². The molecule has 0 atom stereocenters. The van der Waals surface area contributed by atoms with E-state index in [1.165, 1.54) is 5.56 Å². The lowest BCUT2D eigenvalue weighted by molar-refractivity contribution is 0.111.